The van der Waals surface area contributed by atoms with Gasteiger partial charge in [-0.1, -0.05) is 19.1 Å². The van der Waals surface area contributed by atoms with Gasteiger partial charge in [-0.2, -0.15) is 0 Å². The molecule has 1 aliphatic heterocycles. The smallest absolute Gasteiger partial charge is 0.197 e. The average Bonchev–Trinajstić information content (AvgIpc) is 3.28. The lowest BCUT2D eigenvalue weighted by atomic mass is 9.95. The van der Waals surface area contributed by atoms with Crippen LogP contribution in [-0.2, 0) is 24.1 Å². The number of rotatable bonds is 8. The molecule has 0 amide bonds. The number of sulfone groups is 1. The summed E-state index contributed by atoms with van der Waals surface area (Å²) in [6.07, 6.45) is 2.06. The van der Waals surface area contributed by atoms with Crippen LogP contribution in [0.15, 0.2) is 40.5 Å². The summed E-state index contributed by atoms with van der Waals surface area (Å²) in [5.41, 5.74) is 0.179. The first-order chi connectivity index (χ1) is 12.7. The van der Waals surface area contributed by atoms with Crippen LogP contribution in [0, 0.1) is 5.41 Å². The van der Waals surface area contributed by atoms with Crippen molar-refractivity contribution in [2.75, 3.05) is 26.6 Å². The third-order valence-corrected chi connectivity index (χ3v) is 6.41. The Morgan fingerprint density at radius 1 is 1.33 bits per heavy atom. The maximum Gasteiger partial charge on any atom is 0.197 e. The zero-order chi connectivity index (χ0) is 19.8. The number of halogens is 1. The predicted octanol–water partition coefficient (Wildman–Crippen LogP) is 2.87. The van der Waals surface area contributed by atoms with Crippen LogP contribution in [0.5, 0.6) is 0 Å². The van der Waals surface area contributed by atoms with Crippen molar-refractivity contribution in [3.05, 3.63) is 41.2 Å². The molecule has 0 saturated heterocycles. The third kappa shape index (κ3) is 4.12. The maximum atomic E-state index is 13.4. The van der Waals surface area contributed by atoms with Crippen LogP contribution in [0.2, 0.25) is 0 Å². The van der Waals surface area contributed by atoms with Gasteiger partial charge in [0, 0.05) is 24.3 Å². The molecular formula is C18H22BrNO6S. The number of ketones is 1. The van der Waals surface area contributed by atoms with E-state index >= 15 is 0 Å². The summed E-state index contributed by atoms with van der Waals surface area (Å²) in [5, 5.41) is 0. The largest absolute Gasteiger partial charge is 0.395 e. The first-order valence-electron chi connectivity index (χ1n) is 8.51. The molecule has 1 fully saturated rings. The van der Waals surface area contributed by atoms with E-state index in [-0.39, 0.29) is 22.5 Å². The average molecular weight is 460 g/mol. The first-order valence-corrected chi connectivity index (χ1v) is 11.1. The second-order valence-electron chi connectivity index (χ2n) is 6.98. The Morgan fingerprint density at radius 2 is 2.00 bits per heavy atom. The molecule has 1 atom stereocenters. The van der Waals surface area contributed by atoms with Crippen molar-refractivity contribution in [1.29, 1.82) is 0 Å². The highest BCUT2D eigenvalue weighted by molar-refractivity contribution is 9.07. The van der Waals surface area contributed by atoms with E-state index in [4.69, 9.17) is 14.3 Å². The molecule has 7 nitrogen and oxygen atoms in total. The van der Waals surface area contributed by atoms with Crippen molar-refractivity contribution in [3.63, 3.8) is 0 Å². The van der Waals surface area contributed by atoms with Crippen molar-refractivity contribution in [3.8, 4) is 0 Å². The zero-order valence-corrected chi connectivity index (χ0v) is 17.8. The van der Waals surface area contributed by atoms with Gasteiger partial charge in [0.2, 0.25) is 0 Å². The fourth-order valence-electron chi connectivity index (χ4n) is 2.97. The molecule has 3 rings (SSSR count). The van der Waals surface area contributed by atoms with Crippen LogP contribution in [-0.4, -0.2) is 51.1 Å². The molecule has 1 saturated carbocycles. The molecular weight excluding hydrogens is 438 g/mol. The number of carbonyl (C=O) groups excluding carboxylic acids is 1. The number of allylic oxidation sites excluding steroid dienone is 1. The minimum atomic E-state index is -3.57. The van der Waals surface area contributed by atoms with Gasteiger partial charge in [-0.15, -0.1) is 0 Å². The second kappa shape index (κ2) is 7.63. The molecule has 0 bridgehead atoms. The molecule has 9 heteroatoms. The lowest BCUT2D eigenvalue weighted by molar-refractivity contribution is -0.119. The fraction of sp³-hybridized carbons (Fsp3) is 0.500. The topological polar surface area (TPSA) is 82.1 Å². The normalized spacial score (nSPS) is 22.0. The van der Waals surface area contributed by atoms with Gasteiger partial charge in [0.25, 0.3) is 0 Å². The molecule has 1 aromatic rings. The van der Waals surface area contributed by atoms with E-state index in [1.165, 1.54) is 16.2 Å². The number of carbonyl (C=O) groups is 1. The number of nitrogens with zero attached hydrogens (tertiary/aromatic N) is 1. The summed E-state index contributed by atoms with van der Waals surface area (Å²) in [7, 11) is -2.01. The summed E-state index contributed by atoms with van der Waals surface area (Å²) >= 11 is 3.29. The number of hydrogen-bond donors (Lipinski definition) is 0. The SMILES string of the molecule is COCCOC1C(C(=O)c2ccccc2S(C)(=O)=O)=C(C2(C)CC2)ON1Br. The highest BCUT2D eigenvalue weighted by atomic mass is 79.9. The number of ether oxygens (including phenoxy) is 2. The third-order valence-electron chi connectivity index (χ3n) is 4.74. The van der Waals surface area contributed by atoms with E-state index in [0.717, 1.165) is 19.1 Å². The molecule has 0 radical (unpaired) electrons. The van der Waals surface area contributed by atoms with Crippen LogP contribution in [0.3, 0.4) is 0 Å². The first kappa shape index (κ1) is 20.5. The molecule has 0 N–H and O–H groups in total. The van der Waals surface area contributed by atoms with Crippen LogP contribution < -0.4 is 0 Å². The molecule has 1 unspecified atom stereocenters. The molecule has 0 spiro atoms. The predicted molar refractivity (Wildman–Crippen MR) is 102 cm³/mol. The highest BCUT2D eigenvalue weighted by Crippen LogP contribution is 2.56. The van der Waals surface area contributed by atoms with Gasteiger partial charge >= 0.3 is 0 Å². The van der Waals surface area contributed by atoms with Crippen molar-refractivity contribution >= 4 is 31.8 Å². The Hall–Kier alpha value is -1.26. The van der Waals surface area contributed by atoms with Gasteiger partial charge in [-0.3, -0.25) is 4.79 Å². The van der Waals surface area contributed by atoms with Gasteiger partial charge < -0.3 is 14.3 Å². The minimum Gasteiger partial charge on any atom is -0.395 e. The molecule has 148 valence electrons. The van der Waals surface area contributed by atoms with Gasteiger partial charge in [0.05, 0.1) is 39.8 Å². The van der Waals surface area contributed by atoms with E-state index < -0.39 is 21.8 Å². The van der Waals surface area contributed by atoms with Crippen molar-refractivity contribution < 1.29 is 27.5 Å². The van der Waals surface area contributed by atoms with E-state index in [2.05, 4.69) is 16.1 Å². The summed E-state index contributed by atoms with van der Waals surface area (Å²) < 4.78 is 36.4. The monoisotopic (exact) mass is 459 g/mol. The van der Waals surface area contributed by atoms with Gasteiger partial charge in [-0.25, -0.2) is 8.42 Å². The molecule has 0 aromatic heterocycles. The summed E-state index contributed by atoms with van der Waals surface area (Å²) in [5.74, 6) is 0.110. The lowest BCUT2D eigenvalue weighted by Crippen LogP contribution is -2.30. The van der Waals surface area contributed by atoms with Crippen LogP contribution in [0.25, 0.3) is 0 Å². The Labute approximate surface area is 167 Å². The van der Waals surface area contributed by atoms with Crippen molar-refractivity contribution in [2.45, 2.75) is 30.9 Å². The van der Waals surface area contributed by atoms with Crippen LogP contribution in [0.1, 0.15) is 30.1 Å². The van der Waals surface area contributed by atoms with Gasteiger partial charge in [0.1, 0.15) is 5.76 Å². The van der Waals surface area contributed by atoms with E-state index in [1.54, 1.807) is 19.2 Å². The number of hydrogen-bond acceptors (Lipinski definition) is 7. The standard InChI is InChI=1S/C18H22BrNO6S/c1-18(8-9-18)16-14(17(20(19)26-16)25-11-10-24-2)15(21)12-6-4-5-7-13(12)27(3,22)23/h4-7,17H,8-11H2,1-3H3. The molecule has 1 aromatic carbocycles. The van der Waals surface area contributed by atoms with Crippen molar-refractivity contribution in [2.24, 2.45) is 5.41 Å². The van der Waals surface area contributed by atoms with E-state index in [9.17, 15) is 13.2 Å². The number of benzene rings is 1. The summed E-state index contributed by atoms with van der Waals surface area (Å²) in [6.45, 7) is 2.61. The van der Waals surface area contributed by atoms with Crippen LogP contribution in [0.4, 0.5) is 0 Å². The second-order valence-corrected chi connectivity index (χ2v) is 9.66. The molecule has 1 aliphatic carbocycles. The number of hydroxylamine groups is 1. The quantitative estimate of drug-likeness (QED) is 0.335. The summed E-state index contributed by atoms with van der Waals surface area (Å²) in [4.78, 5) is 19.2. The molecule has 1 heterocycles. The maximum absolute atomic E-state index is 13.4. The Bertz CT molecular complexity index is 878. The highest BCUT2D eigenvalue weighted by Gasteiger charge is 2.52. The van der Waals surface area contributed by atoms with Crippen molar-refractivity contribution in [1.82, 2.24) is 4.09 Å². The van der Waals surface area contributed by atoms with Crippen LogP contribution >= 0.6 is 16.1 Å². The van der Waals surface area contributed by atoms with E-state index in [1.807, 2.05) is 6.92 Å². The Kier molecular flexibility index (Phi) is 5.79. The number of Topliss-reactive ketones (excluding diaryl/α,β-unsaturated/α-hetero) is 1. The Balaban J connectivity index is 2.06. The van der Waals surface area contributed by atoms with Gasteiger partial charge in [0.15, 0.2) is 21.8 Å². The summed E-state index contributed by atoms with van der Waals surface area (Å²) in [6, 6.07) is 6.19. The van der Waals surface area contributed by atoms with Gasteiger partial charge in [-0.05, 0) is 29.1 Å². The zero-order valence-electron chi connectivity index (χ0n) is 15.4. The lowest BCUT2D eigenvalue weighted by Gasteiger charge is -2.18. The Morgan fingerprint density at radius 3 is 2.59 bits per heavy atom. The minimum absolute atomic E-state index is 0.00790. The van der Waals surface area contributed by atoms with E-state index in [0.29, 0.717) is 17.9 Å². The fourth-order valence-corrected chi connectivity index (χ4v) is 4.32. The molecule has 2 aliphatic rings. The molecule has 27 heavy (non-hydrogen) atoms. The number of methoxy groups -OCH3 is 1.